The van der Waals surface area contributed by atoms with E-state index in [0.29, 0.717) is 24.8 Å². The Morgan fingerprint density at radius 3 is 2.42 bits per heavy atom. The highest BCUT2D eigenvalue weighted by Crippen LogP contribution is 2.35. The Bertz CT molecular complexity index is 700. The lowest BCUT2D eigenvalue weighted by molar-refractivity contribution is -0.0442. The van der Waals surface area contributed by atoms with Gasteiger partial charge >= 0.3 is 0 Å². The number of ether oxygens (including phenoxy) is 2. The molecule has 3 atom stereocenters. The smallest absolute Gasteiger partial charge is 0.184 e. The Kier molecular flexibility index (Phi) is 4.57. The van der Waals surface area contributed by atoms with Crippen LogP contribution in [0.3, 0.4) is 0 Å². The van der Waals surface area contributed by atoms with Crippen molar-refractivity contribution in [3.8, 4) is 0 Å². The first-order valence-electron chi connectivity index (χ1n) is 8.22. The lowest BCUT2D eigenvalue weighted by atomic mass is 9.79. The molecule has 2 heterocycles. The van der Waals surface area contributed by atoms with Gasteiger partial charge in [-0.05, 0) is 23.3 Å². The second kappa shape index (κ2) is 6.82. The first kappa shape index (κ1) is 16.1. The number of halogens is 1. The summed E-state index contributed by atoms with van der Waals surface area (Å²) in [5, 5.41) is 14.3. The van der Waals surface area contributed by atoms with Gasteiger partial charge in [0.05, 0.1) is 19.3 Å². The normalized spacial score (nSPS) is 25.4. The van der Waals surface area contributed by atoms with Crippen molar-refractivity contribution in [1.29, 1.82) is 0 Å². The summed E-state index contributed by atoms with van der Waals surface area (Å²) in [7, 11) is 0. The van der Waals surface area contributed by atoms with Crippen LogP contribution in [0.25, 0.3) is 0 Å². The zero-order chi connectivity index (χ0) is 16.5. The molecule has 0 aromatic heterocycles. The van der Waals surface area contributed by atoms with Crippen LogP contribution in [-0.2, 0) is 9.47 Å². The van der Waals surface area contributed by atoms with Gasteiger partial charge in [0.15, 0.2) is 6.29 Å². The van der Waals surface area contributed by atoms with Gasteiger partial charge in [-0.3, -0.25) is 0 Å². The lowest BCUT2D eigenvalue weighted by Crippen LogP contribution is -2.60. The van der Waals surface area contributed by atoms with Gasteiger partial charge in [0, 0.05) is 29.1 Å². The zero-order valence-corrected chi connectivity index (χ0v) is 13.9. The van der Waals surface area contributed by atoms with Crippen LogP contribution < -0.4 is 5.32 Å². The fraction of sp³-hybridized carbons (Fsp3) is 0.368. The quantitative estimate of drug-likeness (QED) is 0.894. The highest BCUT2D eigenvalue weighted by molar-refractivity contribution is 6.30. The van der Waals surface area contributed by atoms with Gasteiger partial charge in [0.1, 0.15) is 0 Å². The predicted molar refractivity (Wildman–Crippen MR) is 92.2 cm³/mol. The standard InChI is InChI=1S/C19H20ClNO3/c20-15-6-4-12(5-7-15)17(18-16(22)11-21-18)13-2-1-3-14(10-13)19-23-8-9-24-19/h1-7,10,16-19,21-22H,8-9,11H2. The predicted octanol–water partition coefficient (Wildman–Crippen LogP) is 2.85. The number of benzene rings is 2. The summed E-state index contributed by atoms with van der Waals surface area (Å²) < 4.78 is 11.2. The minimum absolute atomic E-state index is 0.00756. The van der Waals surface area contributed by atoms with Crippen molar-refractivity contribution in [3.05, 3.63) is 70.2 Å². The Labute approximate surface area is 146 Å². The Hall–Kier alpha value is -1.43. The maximum Gasteiger partial charge on any atom is 0.184 e. The van der Waals surface area contributed by atoms with Gasteiger partial charge in [-0.15, -0.1) is 0 Å². The molecule has 24 heavy (non-hydrogen) atoms. The third kappa shape index (κ3) is 3.08. The summed E-state index contributed by atoms with van der Waals surface area (Å²) in [5.74, 6) is 0.0485. The number of nitrogens with one attached hydrogen (secondary N) is 1. The van der Waals surface area contributed by atoms with E-state index in [-0.39, 0.29) is 24.4 Å². The van der Waals surface area contributed by atoms with E-state index in [4.69, 9.17) is 21.1 Å². The van der Waals surface area contributed by atoms with Crippen molar-refractivity contribution in [2.24, 2.45) is 0 Å². The van der Waals surface area contributed by atoms with Crippen LogP contribution in [-0.4, -0.2) is 37.0 Å². The maximum absolute atomic E-state index is 10.2. The summed E-state index contributed by atoms with van der Waals surface area (Å²) in [4.78, 5) is 0. The second-order valence-electron chi connectivity index (χ2n) is 6.27. The molecule has 0 amide bonds. The van der Waals surface area contributed by atoms with E-state index in [9.17, 15) is 5.11 Å². The summed E-state index contributed by atoms with van der Waals surface area (Å²) in [6.45, 7) is 1.88. The monoisotopic (exact) mass is 345 g/mol. The molecule has 3 unspecified atom stereocenters. The van der Waals surface area contributed by atoms with Crippen LogP contribution in [0, 0.1) is 0 Å². The molecule has 0 saturated carbocycles. The molecule has 0 radical (unpaired) electrons. The maximum atomic E-state index is 10.2. The number of aliphatic hydroxyl groups is 1. The molecule has 4 nitrogen and oxygen atoms in total. The number of aliphatic hydroxyl groups excluding tert-OH is 1. The van der Waals surface area contributed by atoms with Gasteiger partial charge in [-0.25, -0.2) is 0 Å². The third-order valence-electron chi connectivity index (χ3n) is 4.73. The van der Waals surface area contributed by atoms with Crippen molar-refractivity contribution < 1.29 is 14.6 Å². The lowest BCUT2D eigenvalue weighted by Gasteiger charge is -2.40. The van der Waals surface area contributed by atoms with Crippen molar-refractivity contribution in [2.75, 3.05) is 19.8 Å². The van der Waals surface area contributed by atoms with Crippen LogP contribution in [0.4, 0.5) is 0 Å². The van der Waals surface area contributed by atoms with E-state index in [1.54, 1.807) is 0 Å². The van der Waals surface area contributed by atoms with Gasteiger partial charge in [-0.1, -0.05) is 48.0 Å². The largest absolute Gasteiger partial charge is 0.390 e. The fourth-order valence-corrected chi connectivity index (χ4v) is 3.55. The van der Waals surface area contributed by atoms with E-state index in [2.05, 4.69) is 17.4 Å². The molecular weight excluding hydrogens is 326 g/mol. The van der Waals surface area contributed by atoms with E-state index < -0.39 is 0 Å². The van der Waals surface area contributed by atoms with Crippen LogP contribution in [0.2, 0.25) is 5.02 Å². The zero-order valence-electron chi connectivity index (χ0n) is 13.2. The Balaban J connectivity index is 1.70. The number of hydrogen-bond acceptors (Lipinski definition) is 4. The molecule has 2 aliphatic rings. The van der Waals surface area contributed by atoms with Gasteiger partial charge in [0.2, 0.25) is 0 Å². The minimum atomic E-state index is -0.353. The molecule has 0 bridgehead atoms. The molecule has 0 spiro atoms. The molecule has 2 N–H and O–H groups in total. The third-order valence-corrected chi connectivity index (χ3v) is 4.98. The summed E-state index contributed by atoms with van der Waals surface area (Å²) >= 11 is 6.03. The average Bonchev–Trinajstić information content (AvgIpc) is 3.14. The molecule has 2 aromatic rings. The van der Waals surface area contributed by atoms with Crippen molar-refractivity contribution in [3.63, 3.8) is 0 Å². The fourth-order valence-electron chi connectivity index (χ4n) is 3.43. The van der Waals surface area contributed by atoms with Gasteiger partial charge < -0.3 is 19.9 Å². The number of rotatable bonds is 4. The summed E-state index contributed by atoms with van der Waals surface area (Å²) in [5.41, 5.74) is 3.27. The van der Waals surface area contributed by atoms with Crippen LogP contribution >= 0.6 is 11.6 Å². The number of hydrogen-bond donors (Lipinski definition) is 2. The first-order valence-corrected chi connectivity index (χ1v) is 8.60. The average molecular weight is 346 g/mol. The van der Waals surface area contributed by atoms with Gasteiger partial charge in [-0.2, -0.15) is 0 Å². The Morgan fingerprint density at radius 1 is 1.04 bits per heavy atom. The summed E-state index contributed by atoms with van der Waals surface area (Å²) in [6.07, 6.45) is -0.650. The second-order valence-corrected chi connectivity index (χ2v) is 6.71. The Morgan fingerprint density at radius 2 is 1.79 bits per heavy atom. The van der Waals surface area contributed by atoms with Crippen LogP contribution in [0.5, 0.6) is 0 Å². The van der Waals surface area contributed by atoms with Crippen molar-refractivity contribution in [2.45, 2.75) is 24.4 Å². The topological polar surface area (TPSA) is 50.7 Å². The highest BCUT2D eigenvalue weighted by Gasteiger charge is 2.37. The molecule has 2 saturated heterocycles. The van der Waals surface area contributed by atoms with E-state index in [1.807, 2.05) is 36.4 Å². The minimum Gasteiger partial charge on any atom is -0.390 e. The highest BCUT2D eigenvalue weighted by atomic mass is 35.5. The molecule has 2 fully saturated rings. The van der Waals surface area contributed by atoms with E-state index in [0.717, 1.165) is 16.7 Å². The van der Waals surface area contributed by atoms with Crippen molar-refractivity contribution in [1.82, 2.24) is 5.32 Å². The molecule has 4 rings (SSSR count). The van der Waals surface area contributed by atoms with E-state index >= 15 is 0 Å². The van der Waals surface area contributed by atoms with Crippen LogP contribution in [0.1, 0.15) is 28.9 Å². The van der Waals surface area contributed by atoms with E-state index in [1.165, 1.54) is 0 Å². The molecule has 126 valence electrons. The molecule has 2 aliphatic heterocycles. The molecule has 2 aromatic carbocycles. The molecule has 5 heteroatoms. The number of β-amino-alcohol motifs (C(OH)–C–C–N with tert-alkyl or cyclic N) is 1. The van der Waals surface area contributed by atoms with Gasteiger partial charge in [0.25, 0.3) is 0 Å². The SMILES string of the molecule is OC1CNC1C(c1ccc(Cl)cc1)c1cccc(C2OCCO2)c1. The first-order chi connectivity index (χ1) is 11.7. The molecular formula is C19H20ClNO3. The summed E-state index contributed by atoms with van der Waals surface area (Å²) in [6, 6.07) is 16.1. The van der Waals surface area contributed by atoms with Crippen molar-refractivity contribution >= 4 is 11.6 Å². The van der Waals surface area contributed by atoms with Crippen LogP contribution in [0.15, 0.2) is 48.5 Å². The molecule has 0 aliphatic carbocycles.